The molecule has 0 heterocycles. The van der Waals surface area contributed by atoms with Crippen molar-refractivity contribution >= 4 is 39.5 Å². The maximum absolute atomic E-state index is 13.1. The summed E-state index contributed by atoms with van der Waals surface area (Å²) in [6.45, 7) is 5.09. The molecule has 12 nitrogen and oxygen atoms in total. The second kappa shape index (κ2) is 15.6. The number of hydrogen-bond donors (Lipinski definition) is 4. The van der Waals surface area contributed by atoms with Gasteiger partial charge in [-0.2, -0.15) is 0 Å². The number of hydrogen-bond acceptors (Lipinski definition) is 8. The zero-order valence-electron chi connectivity index (χ0n) is 26.7. The number of fused-ring (bicyclic) bond motifs is 3. The van der Waals surface area contributed by atoms with E-state index in [-0.39, 0.29) is 37.3 Å². The molecule has 0 saturated carbocycles. The van der Waals surface area contributed by atoms with Crippen molar-refractivity contribution in [1.29, 1.82) is 0 Å². The molecule has 47 heavy (non-hydrogen) atoms. The van der Waals surface area contributed by atoms with Crippen LogP contribution < -0.4 is 21.3 Å². The molecule has 4 rings (SSSR count). The summed E-state index contributed by atoms with van der Waals surface area (Å²) in [6, 6.07) is 20.7. The Morgan fingerprint density at radius 1 is 0.766 bits per heavy atom. The third-order valence-corrected chi connectivity index (χ3v) is 8.60. The van der Waals surface area contributed by atoms with Crippen LogP contribution in [0.1, 0.15) is 43.4 Å². The Labute approximate surface area is 274 Å². The zero-order valence-corrected chi connectivity index (χ0v) is 27.6. The summed E-state index contributed by atoms with van der Waals surface area (Å²) in [5.41, 5.74) is 5.47. The first-order valence-electron chi connectivity index (χ1n) is 15.2. The highest BCUT2D eigenvalue weighted by Gasteiger charge is 2.31. The Bertz CT molecular complexity index is 1660. The summed E-state index contributed by atoms with van der Waals surface area (Å²) in [5.74, 6) is -1.61. The molecule has 0 unspecified atom stereocenters. The van der Waals surface area contributed by atoms with Crippen LogP contribution in [0.2, 0.25) is 0 Å². The summed E-state index contributed by atoms with van der Waals surface area (Å²) in [5, 5.41) is 10.4. The molecule has 0 radical (unpaired) electrons. The van der Waals surface area contributed by atoms with Gasteiger partial charge in [-0.3, -0.25) is 9.59 Å². The Morgan fingerprint density at radius 3 is 1.94 bits per heavy atom. The molecule has 3 aromatic rings. The Morgan fingerprint density at radius 2 is 1.36 bits per heavy atom. The number of sulfone groups is 1. The Balaban J connectivity index is 1.24. The van der Waals surface area contributed by atoms with Crippen molar-refractivity contribution in [2.45, 2.75) is 45.4 Å². The van der Waals surface area contributed by atoms with Crippen molar-refractivity contribution in [3.63, 3.8) is 0 Å². The first-order chi connectivity index (χ1) is 22.3. The van der Waals surface area contributed by atoms with Crippen LogP contribution in [0, 0.1) is 5.92 Å². The highest BCUT2D eigenvalue weighted by atomic mass is 32.2. The van der Waals surface area contributed by atoms with Crippen LogP contribution >= 0.6 is 0 Å². The highest BCUT2D eigenvalue weighted by molar-refractivity contribution is 7.90. The topological polar surface area (TPSA) is 169 Å². The SMILES string of the molecule is CC(C)[C@H](NC(=O)OCC1c2ccccc2-c2ccccc21)C(=O)N[C@@H](C)C(=O)Nc1ccc(COC(=O)NCCS(C)(=O)=O)cc1. The monoisotopic (exact) mass is 664 g/mol. The van der Waals surface area contributed by atoms with E-state index < -0.39 is 45.9 Å². The van der Waals surface area contributed by atoms with E-state index in [1.807, 2.05) is 48.5 Å². The van der Waals surface area contributed by atoms with Crippen LogP contribution in [-0.2, 0) is 35.5 Å². The quantitative estimate of drug-likeness (QED) is 0.213. The molecule has 13 heteroatoms. The Hall–Kier alpha value is -4.91. The molecule has 0 saturated heterocycles. The molecule has 0 aromatic heterocycles. The van der Waals surface area contributed by atoms with Crippen LogP contribution in [-0.4, -0.2) is 69.7 Å². The lowest BCUT2D eigenvalue weighted by Gasteiger charge is -2.24. The van der Waals surface area contributed by atoms with Gasteiger partial charge >= 0.3 is 12.2 Å². The van der Waals surface area contributed by atoms with Gasteiger partial charge in [0.1, 0.15) is 35.1 Å². The maximum Gasteiger partial charge on any atom is 0.407 e. The molecule has 0 fully saturated rings. The van der Waals surface area contributed by atoms with Gasteiger partial charge in [-0.15, -0.1) is 0 Å². The van der Waals surface area contributed by atoms with E-state index in [1.54, 1.807) is 38.1 Å². The predicted molar refractivity (Wildman–Crippen MR) is 177 cm³/mol. The van der Waals surface area contributed by atoms with Gasteiger partial charge in [0.25, 0.3) is 0 Å². The maximum atomic E-state index is 13.1. The molecule has 0 bridgehead atoms. The molecule has 250 valence electrons. The standard InChI is InChI=1S/C34H40N4O8S/c1-21(2)30(38-34(42)46-20-29-27-11-7-5-9-25(27)26-10-6-8-12-28(26)29)32(40)36-22(3)31(39)37-24-15-13-23(14-16-24)19-45-33(41)35-17-18-47(4,43)44/h5-16,21-22,29-30H,17-20H2,1-4H3,(H,35,41)(H,36,40)(H,37,39)(H,38,42)/t22-,30-/m0/s1. The van der Waals surface area contributed by atoms with E-state index in [9.17, 15) is 27.6 Å². The van der Waals surface area contributed by atoms with E-state index in [4.69, 9.17) is 9.47 Å². The molecule has 3 aromatic carbocycles. The molecule has 0 spiro atoms. The summed E-state index contributed by atoms with van der Waals surface area (Å²) < 4.78 is 33.0. The number of rotatable bonds is 13. The number of carbonyl (C=O) groups is 4. The molecule has 4 amide bonds. The number of benzene rings is 3. The minimum Gasteiger partial charge on any atom is -0.449 e. The largest absolute Gasteiger partial charge is 0.449 e. The van der Waals surface area contributed by atoms with E-state index in [2.05, 4.69) is 21.3 Å². The van der Waals surface area contributed by atoms with Crippen LogP contribution in [0.25, 0.3) is 11.1 Å². The fraction of sp³-hybridized carbons (Fsp3) is 0.353. The fourth-order valence-electron chi connectivity index (χ4n) is 5.14. The lowest BCUT2D eigenvalue weighted by Crippen LogP contribution is -2.53. The third-order valence-electron chi connectivity index (χ3n) is 7.65. The smallest absolute Gasteiger partial charge is 0.407 e. The van der Waals surface area contributed by atoms with Crippen molar-refractivity contribution in [3.8, 4) is 11.1 Å². The number of anilines is 1. The van der Waals surface area contributed by atoms with Crippen molar-refractivity contribution in [3.05, 3.63) is 89.5 Å². The van der Waals surface area contributed by atoms with Crippen LogP contribution in [0.4, 0.5) is 15.3 Å². The van der Waals surface area contributed by atoms with Crippen molar-refractivity contribution in [2.24, 2.45) is 5.92 Å². The van der Waals surface area contributed by atoms with E-state index in [0.29, 0.717) is 11.3 Å². The summed E-state index contributed by atoms with van der Waals surface area (Å²) in [7, 11) is -3.20. The van der Waals surface area contributed by atoms with E-state index in [1.165, 1.54) is 6.92 Å². The van der Waals surface area contributed by atoms with Gasteiger partial charge in [0, 0.05) is 24.4 Å². The van der Waals surface area contributed by atoms with Gasteiger partial charge in [-0.1, -0.05) is 74.5 Å². The number of ether oxygens (including phenoxy) is 2. The number of carbonyl (C=O) groups excluding carboxylic acids is 4. The Kier molecular flexibility index (Phi) is 11.6. The molecule has 1 aliphatic carbocycles. The van der Waals surface area contributed by atoms with Gasteiger partial charge in [-0.05, 0) is 52.8 Å². The molecule has 1 aliphatic rings. The molecular formula is C34H40N4O8S. The van der Waals surface area contributed by atoms with Crippen LogP contribution in [0.15, 0.2) is 72.8 Å². The third kappa shape index (κ3) is 9.79. The average molecular weight is 665 g/mol. The first-order valence-corrected chi connectivity index (χ1v) is 17.3. The van der Waals surface area contributed by atoms with E-state index in [0.717, 1.165) is 28.5 Å². The second-order valence-electron chi connectivity index (χ2n) is 11.7. The summed E-state index contributed by atoms with van der Waals surface area (Å²) in [4.78, 5) is 50.5. The van der Waals surface area contributed by atoms with E-state index >= 15 is 0 Å². The molecule has 4 N–H and O–H groups in total. The lowest BCUT2D eigenvalue weighted by atomic mass is 9.98. The first kappa shape index (κ1) is 35.0. The van der Waals surface area contributed by atoms with Gasteiger partial charge in [-0.25, -0.2) is 18.0 Å². The minimum absolute atomic E-state index is 0.0548. The van der Waals surface area contributed by atoms with Gasteiger partial charge in [0.05, 0.1) is 5.75 Å². The fourth-order valence-corrected chi connectivity index (χ4v) is 5.62. The minimum atomic E-state index is -3.20. The van der Waals surface area contributed by atoms with Crippen LogP contribution in [0.5, 0.6) is 0 Å². The van der Waals surface area contributed by atoms with Gasteiger partial charge in [0.15, 0.2) is 0 Å². The molecule has 2 atom stereocenters. The zero-order chi connectivity index (χ0) is 34.1. The normalized spacial score (nSPS) is 13.5. The van der Waals surface area contributed by atoms with Gasteiger partial charge in [0.2, 0.25) is 11.8 Å². The van der Waals surface area contributed by atoms with Gasteiger partial charge < -0.3 is 30.7 Å². The van der Waals surface area contributed by atoms with Crippen molar-refractivity contribution < 1.29 is 37.1 Å². The highest BCUT2D eigenvalue weighted by Crippen LogP contribution is 2.44. The van der Waals surface area contributed by atoms with Crippen molar-refractivity contribution in [1.82, 2.24) is 16.0 Å². The number of amides is 4. The lowest BCUT2D eigenvalue weighted by molar-refractivity contribution is -0.128. The van der Waals surface area contributed by atoms with Crippen LogP contribution in [0.3, 0.4) is 0 Å². The summed E-state index contributed by atoms with van der Waals surface area (Å²) >= 11 is 0. The second-order valence-corrected chi connectivity index (χ2v) is 14.0. The predicted octanol–water partition coefficient (Wildman–Crippen LogP) is 3.96. The molecular weight excluding hydrogens is 624 g/mol. The average Bonchev–Trinajstić information content (AvgIpc) is 3.35. The number of alkyl carbamates (subject to hydrolysis) is 2. The number of nitrogens with one attached hydrogen (secondary N) is 4. The molecule has 0 aliphatic heterocycles. The van der Waals surface area contributed by atoms with Crippen molar-refractivity contribution in [2.75, 3.05) is 30.5 Å². The summed E-state index contributed by atoms with van der Waals surface area (Å²) in [6.07, 6.45) is -0.402.